The van der Waals surface area contributed by atoms with Gasteiger partial charge in [0.2, 0.25) is 5.43 Å². The highest BCUT2D eigenvalue weighted by Crippen LogP contribution is 2.23. The number of hydrogen-bond acceptors (Lipinski definition) is 5. The van der Waals surface area contributed by atoms with E-state index in [2.05, 4.69) is 9.97 Å². The van der Waals surface area contributed by atoms with Crippen molar-refractivity contribution in [3.63, 3.8) is 0 Å². The average Bonchev–Trinajstić information content (AvgIpc) is 2.85. The summed E-state index contributed by atoms with van der Waals surface area (Å²) in [5.74, 6) is -1.34. The normalized spacial score (nSPS) is 18.4. The Kier molecular flexibility index (Phi) is 3.09. The largest absolute Gasteiger partial charge is 0.365 e. The van der Waals surface area contributed by atoms with E-state index in [0.717, 1.165) is 12.5 Å². The van der Waals surface area contributed by atoms with Gasteiger partial charge in [0.25, 0.3) is 5.91 Å². The van der Waals surface area contributed by atoms with Gasteiger partial charge in [-0.15, -0.1) is 0 Å². The third-order valence-corrected chi connectivity index (χ3v) is 3.59. The van der Waals surface area contributed by atoms with Crippen molar-refractivity contribution in [3.05, 3.63) is 33.9 Å². The minimum atomic E-state index is -0.867. The number of aromatic amines is 1. The Morgan fingerprint density at radius 2 is 2.29 bits per heavy atom. The number of nitrogens with zero attached hydrogens (tertiary/aromatic N) is 2. The molecule has 1 saturated heterocycles. The van der Waals surface area contributed by atoms with Crippen molar-refractivity contribution in [2.75, 3.05) is 18.0 Å². The Bertz CT molecular complexity index is 788. The highest BCUT2D eigenvalue weighted by molar-refractivity contribution is 5.95. The number of primary amides is 1. The second-order valence-electron chi connectivity index (χ2n) is 5.08. The molecule has 1 aliphatic heterocycles. The molecule has 0 aliphatic carbocycles. The van der Waals surface area contributed by atoms with Crippen LogP contribution in [-0.4, -0.2) is 35.0 Å². The molecule has 1 aliphatic rings. The van der Waals surface area contributed by atoms with Crippen molar-refractivity contribution in [2.24, 2.45) is 11.5 Å². The number of anilines is 1. The van der Waals surface area contributed by atoms with Crippen LogP contribution in [0.1, 0.15) is 16.8 Å². The molecule has 21 heavy (non-hydrogen) atoms. The fraction of sp³-hybridized carbons (Fsp3) is 0.308. The van der Waals surface area contributed by atoms with Crippen LogP contribution in [0.5, 0.6) is 0 Å². The predicted octanol–water partition coefficient (Wildman–Crippen LogP) is -0.302. The lowest BCUT2D eigenvalue weighted by molar-refractivity contribution is 0.0999. The lowest BCUT2D eigenvalue weighted by atomic mass is 10.2. The second kappa shape index (κ2) is 4.81. The van der Waals surface area contributed by atoms with Gasteiger partial charge in [-0.25, -0.2) is 9.37 Å². The molecular formula is C13H14FN5O2. The SMILES string of the molecule is NC(=O)c1c[nH]c2nc(N3CC[C@H](N)C3)c(F)cc2c1=O. The number of rotatable bonds is 2. The molecule has 1 amide bonds. The summed E-state index contributed by atoms with van der Waals surface area (Å²) in [6.07, 6.45) is 1.95. The first kappa shape index (κ1) is 13.5. The van der Waals surface area contributed by atoms with Gasteiger partial charge in [0.15, 0.2) is 11.6 Å². The van der Waals surface area contributed by atoms with Crippen LogP contribution in [-0.2, 0) is 0 Å². The maximum Gasteiger partial charge on any atom is 0.254 e. The molecule has 1 atom stereocenters. The summed E-state index contributed by atoms with van der Waals surface area (Å²) in [6, 6.07) is 1.06. The van der Waals surface area contributed by atoms with Gasteiger partial charge in [-0.1, -0.05) is 0 Å². The Morgan fingerprint density at radius 1 is 1.52 bits per heavy atom. The van der Waals surface area contributed by atoms with Crippen LogP contribution in [0, 0.1) is 5.82 Å². The summed E-state index contributed by atoms with van der Waals surface area (Å²) >= 11 is 0. The molecule has 3 rings (SSSR count). The highest BCUT2D eigenvalue weighted by atomic mass is 19.1. The number of amides is 1. The van der Waals surface area contributed by atoms with Crippen LogP contribution < -0.4 is 21.8 Å². The number of fused-ring (bicyclic) bond motifs is 1. The van der Waals surface area contributed by atoms with Crippen LogP contribution in [0.25, 0.3) is 11.0 Å². The molecule has 0 spiro atoms. The van der Waals surface area contributed by atoms with Crippen molar-refractivity contribution >= 4 is 22.8 Å². The van der Waals surface area contributed by atoms with Gasteiger partial charge in [-0.2, -0.15) is 0 Å². The van der Waals surface area contributed by atoms with Crippen molar-refractivity contribution < 1.29 is 9.18 Å². The number of nitrogens with one attached hydrogen (secondary N) is 1. The van der Waals surface area contributed by atoms with E-state index < -0.39 is 17.2 Å². The molecule has 0 saturated carbocycles. The Labute approximate surface area is 118 Å². The first-order valence-corrected chi connectivity index (χ1v) is 6.49. The Hall–Kier alpha value is -2.48. The maximum atomic E-state index is 14.2. The first-order chi connectivity index (χ1) is 9.97. The van der Waals surface area contributed by atoms with E-state index in [9.17, 15) is 14.0 Å². The van der Waals surface area contributed by atoms with Crippen LogP contribution in [0.2, 0.25) is 0 Å². The van der Waals surface area contributed by atoms with E-state index in [-0.39, 0.29) is 28.5 Å². The summed E-state index contributed by atoms with van der Waals surface area (Å²) < 4.78 is 14.2. The minimum absolute atomic E-state index is 0.00366. The zero-order valence-electron chi connectivity index (χ0n) is 11.1. The average molecular weight is 291 g/mol. The summed E-state index contributed by atoms with van der Waals surface area (Å²) in [7, 11) is 0. The number of carbonyl (C=O) groups excluding carboxylic acids is 1. The first-order valence-electron chi connectivity index (χ1n) is 6.49. The number of halogens is 1. The fourth-order valence-corrected chi connectivity index (χ4v) is 2.50. The number of aromatic nitrogens is 2. The van der Waals surface area contributed by atoms with Crippen molar-refractivity contribution in [3.8, 4) is 0 Å². The molecule has 1 fully saturated rings. The molecule has 5 N–H and O–H groups in total. The third-order valence-electron chi connectivity index (χ3n) is 3.59. The molecule has 8 heteroatoms. The van der Waals surface area contributed by atoms with E-state index in [1.54, 1.807) is 4.90 Å². The van der Waals surface area contributed by atoms with E-state index in [4.69, 9.17) is 11.5 Å². The summed E-state index contributed by atoms with van der Waals surface area (Å²) in [4.78, 5) is 31.8. The van der Waals surface area contributed by atoms with Gasteiger partial charge in [-0.05, 0) is 12.5 Å². The van der Waals surface area contributed by atoms with Crippen LogP contribution >= 0.6 is 0 Å². The molecule has 2 aromatic rings. The minimum Gasteiger partial charge on any atom is -0.365 e. The molecule has 0 aromatic carbocycles. The van der Waals surface area contributed by atoms with Gasteiger partial charge in [0.05, 0.1) is 5.39 Å². The van der Waals surface area contributed by atoms with Crippen LogP contribution in [0.15, 0.2) is 17.1 Å². The van der Waals surface area contributed by atoms with Crippen LogP contribution in [0.3, 0.4) is 0 Å². The second-order valence-corrected chi connectivity index (χ2v) is 5.08. The topological polar surface area (TPSA) is 118 Å². The molecule has 0 bridgehead atoms. The smallest absolute Gasteiger partial charge is 0.254 e. The lowest BCUT2D eigenvalue weighted by Crippen LogP contribution is -2.28. The molecular weight excluding hydrogens is 277 g/mol. The molecule has 3 heterocycles. The van der Waals surface area contributed by atoms with Gasteiger partial charge in [-0.3, -0.25) is 9.59 Å². The standard InChI is InChI=1S/C13H14FN5O2/c14-9-3-7-10(20)8(11(16)21)4-17-12(7)18-13(9)19-2-1-6(15)5-19/h3-4,6H,1-2,5,15H2,(H2,16,21)(H,17,18,20)/t6-/m0/s1. The number of carbonyl (C=O) groups is 1. The number of pyridine rings is 2. The van der Waals surface area contributed by atoms with Crippen LogP contribution in [0.4, 0.5) is 10.2 Å². The predicted molar refractivity (Wildman–Crippen MR) is 75.6 cm³/mol. The Morgan fingerprint density at radius 3 is 2.90 bits per heavy atom. The zero-order valence-corrected chi connectivity index (χ0v) is 11.1. The zero-order chi connectivity index (χ0) is 15.1. The summed E-state index contributed by atoms with van der Waals surface area (Å²) in [6.45, 7) is 1.12. The van der Waals surface area contributed by atoms with Gasteiger partial charge < -0.3 is 21.4 Å². The van der Waals surface area contributed by atoms with E-state index in [1.165, 1.54) is 6.20 Å². The summed E-state index contributed by atoms with van der Waals surface area (Å²) in [5, 5.41) is -0.00366. The fourth-order valence-electron chi connectivity index (χ4n) is 2.50. The quantitative estimate of drug-likeness (QED) is 0.702. The number of nitrogens with two attached hydrogens (primary N) is 2. The van der Waals surface area contributed by atoms with Gasteiger partial charge in [0.1, 0.15) is 11.2 Å². The van der Waals surface area contributed by atoms with E-state index in [1.807, 2.05) is 0 Å². The van der Waals surface area contributed by atoms with Gasteiger partial charge >= 0.3 is 0 Å². The monoisotopic (exact) mass is 291 g/mol. The van der Waals surface area contributed by atoms with Crippen molar-refractivity contribution in [1.82, 2.24) is 9.97 Å². The third kappa shape index (κ3) is 2.23. The molecule has 0 unspecified atom stereocenters. The lowest BCUT2D eigenvalue weighted by Gasteiger charge is -2.17. The Balaban J connectivity index is 2.15. The maximum absolute atomic E-state index is 14.2. The highest BCUT2D eigenvalue weighted by Gasteiger charge is 2.24. The number of hydrogen-bond donors (Lipinski definition) is 3. The molecule has 0 radical (unpaired) electrons. The summed E-state index contributed by atoms with van der Waals surface area (Å²) in [5.41, 5.74) is 10.2. The molecule has 2 aromatic heterocycles. The van der Waals surface area contributed by atoms with Gasteiger partial charge in [0, 0.05) is 25.3 Å². The number of H-pyrrole nitrogens is 1. The van der Waals surface area contributed by atoms with Crippen molar-refractivity contribution in [1.29, 1.82) is 0 Å². The molecule has 110 valence electrons. The van der Waals surface area contributed by atoms with E-state index in [0.29, 0.717) is 13.1 Å². The molecule has 7 nitrogen and oxygen atoms in total. The van der Waals surface area contributed by atoms with Crippen molar-refractivity contribution in [2.45, 2.75) is 12.5 Å². The van der Waals surface area contributed by atoms with E-state index >= 15 is 0 Å².